The second kappa shape index (κ2) is 7.13. The molecule has 1 N–H and O–H groups in total. The highest BCUT2D eigenvalue weighted by Crippen LogP contribution is 2.27. The summed E-state index contributed by atoms with van der Waals surface area (Å²) >= 11 is 3.61. The number of halogens is 1. The van der Waals surface area contributed by atoms with Gasteiger partial charge in [0.1, 0.15) is 0 Å². The SMILES string of the molecule is Cc1ccc(Br)c(NC(C)c2ccc(CC(C)C)cc2)c1. The fourth-order valence-corrected chi connectivity index (χ4v) is 2.84. The van der Waals surface area contributed by atoms with E-state index in [2.05, 4.69) is 91.4 Å². The van der Waals surface area contributed by atoms with Gasteiger partial charge in [0.15, 0.2) is 0 Å². The molecule has 2 aromatic rings. The first-order valence-corrected chi connectivity index (χ1v) is 8.36. The quantitative estimate of drug-likeness (QED) is 0.687. The van der Waals surface area contributed by atoms with E-state index in [-0.39, 0.29) is 6.04 Å². The minimum atomic E-state index is 0.288. The maximum Gasteiger partial charge on any atom is 0.0491 e. The zero-order chi connectivity index (χ0) is 15.4. The number of hydrogen-bond donors (Lipinski definition) is 1. The molecule has 2 rings (SSSR count). The molecule has 2 aromatic carbocycles. The van der Waals surface area contributed by atoms with Gasteiger partial charge in [0.2, 0.25) is 0 Å². The van der Waals surface area contributed by atoms with Crippen molar-refractivity contribution in [2.24, 2.45) is 5.92 Å². The van der Waals surface area contributed by atoms with Gasteiger partial charge < -0.3 is 5.32 Å². The second-order valence-electron chi connectivity index (χ2n) is 6.19. The summed E-state index contributed by atoms with van der Waals surface area (Å²) in [6.07, 6.45) is 1.14. The summed E-state index contributed by atoms with van der Waals surface area (Å²) in [6, 6.07) is 15.6. The summed E-state index contributed by atoms with van der Waals surface area (Å²) in [6.45, 7) is 8.83. The molecule has 0 heterocycles. The Morgan fingerprint density at radius 1 is 1.00 bits per heavy atom. The smallest absolute Gasteiger partial charge is 0.0491 e. The van der Waals surface area contributed by atoms with E-state index in [0.29, 0.717) is 5.92 Å². The molecule has 0 bridgehead atoms. The average Bonchev–Trinajstić information content (AvgIpc) is 2.43. The third-order valence-electron chi connectivity index (χ3n) is 3.62. The molecular formula is C19H24BrN. The van der Waals surface area contributed by atoms with Gasteiger partial charge in [0, 0.05) is 16.2 Å². The Labute approximate surface area is 136 Å². The van der Waals surface area contributed by atoms with E-state index in [9.17, 15) is 0 Å². The number of anilines is 1. The van der Waals surface area contributed by atoms with Crippen LogP contribution in [0.5, 0.6) is 0 Å². The van der Waals surface area contributed by atoms with E-state index in [4.69, 9.17) is 0 Å². The zero-order valence-electron chi connectivity index (χ0n) is 13.3. The maximum atomic E-state index is 3.61. The average molecular weight is 346 g/mol. The molecule has 0 aliphatic heterocycles. The highest BCUT2D eigenvalue weighted by molar-refractivity contribution is 9.10. The van der Waals surface area contributed by atoms with Crippen molar-refractivity contribution in [1.29, 1.82) is 0 Å². The van der Waals surface area contributed by atoms with Crippen LogP contribution in [0.15, 0.2) is 46.9 Å². The van der Waals surface area contributed by atoms with Crippen LogP contribution in [0.2, 0.25) is 0 Å². The number of aryl methyl sites for hydroxylation is 1. The Morgan fingerprint density at radius 3 is 2.29 bits per heavy atom. The van der Waals surface area contributed by atoms with Crippen molar-refractivity contribution >= 4 is 21.6 Å². The standard InChI is InChI=1S/C19H24BrN/c1-13(2)11-16-6-8-17(9-7-16)15(4)21-19-12-14(3)5-10-18(19)20/h5-10,12-13,15,21H,11H2,1-4H3. The van der Waals surface area contributed by atoms with Crippen LogP contribution in [0, 0.1) is 12.8 Å². The molecule has 0 aliphatic carbocycles. The van der Waals surface area contributed by atoms with Gasteiger partial charge in [-0.15, -0.1) is 0 Å². The van der Waals surface area contributed by atoms with Crippen LogP contribution in [-0.4, -0.2) is 0 Å². The Morgan fingerprint density at radius 2 is 1.67 bits per heavy atom. The summed E-state index contributed by atoms with van der Waals surface area (Å²) in [7, 11) is 0. The van der Waals surface area contributed by atoms with Gasteiger partial charge >= 0.3 is 0 Å². The third-order valence-corrected chi connectivity index (χ3v) is 4.31. The molecule has 0 saturated heterocycles. The first kappa shape index (κ1) is 16.1. The normalized spacial score (nSPS) is 12.5. The molecule has 1 unspecified atom stereocenters. The molecule has 21 heavy (non-hydrogen) atoms. The molecule has 112 valence electrons. The van der Waals surface area contributed by atoms with Crippen molar-refractivity contribution in [3.05, 3.63) is 63.6 Å². The minimum absolute atomic E-state index is 0.288. The van der Waals surface area contributed by atoms with Crippen LogP contribution in [0.25, 0.3) is 0 Å². The first-order chi connectivity index (χ1) is 9.95. The van der Waals surface area contributed by atoms with E-state index >= 15 is 0 Å². The molecule has 1 nitrogen and oxygen atoms in total. The lowest BCUT2D eigenvalue weighted by molar-refractivity contribution is 0.647. The monoisotopic (exact) mass is 345 g/mol. The highest BCUT2D eigenvalue weighted by atomic mass is 79.9. The highest BCUT2D eigenvalue weighted by Gasteiger charge is 2.08. The van der Waals surface area contributed by atoms with Crippen molar-refractivity contribution in [3.8, 4) is 0 Å². The van der Waals surface area contributed by atoms with Gasteiger partial charge in [-0.3, -0.25) is 0 Å². The van der Waals surface area contributed by atoms with Crippen LogP contribution in [0.4, 0.5) is 5.69 Å². The molecule has 0 radical (unpaired) electrons. The van der Waals surface area contributed by atoms with E-state index in [1.807, 2.05) is 0 Å². The third kappa shape index (κ3) is 4.60. The van der Waals surface area contributed by atoms with Gasteiger partial charge in [0.05, 0.1) is 0 Å². The van der Waals surface area contributed by atoms with Gasteiger partial charge in [0.25, 0.3) is 0 Å². The lowest BCUT2D eigenvalue weighted by atomic mass is 10.00. The largest absolute Gasteiger partial charge is 0.378 e. The molecule has 0 fully saturated rings. The molecular weight excluding hydrogens is 322 g/mol. The maximum absolute atomic E-state index is 3.61. The Kier molecular flexibility index (Phi) is 5.46. The van der Waals surface area contributed by atoms with Crippen LogP contribution >= 0.6 is 15.9 Å². The second-order valence-corrected chi connectivity index (χ2v) is 7.04. The molecule has 0 aliphatic rings. The van der Waals surface area contributed by atoms with Crippen LogP contribution in [0.1, 0.15) is 43.5 Å². The van der Waals surface area contributed by atoms with E-state index < -0.39 is 0 Å². The van der Waals surface area contributed by atoms with Crippen molar-refractivity contribution in [1.82, 2.24) is 0 Å². The summed E-state index contributed by atoms with van der Waals surface area (Å²) in [5.41, 5.74) is 5.14. The Bertz CT molecular complexity index is 587. The minimum Gasteiger partial charge on any atom is -0.378 e. The molecule has 0 saturated carbocycles. The zero-order valence-corrected chi connectivity index (χ0v) is 14.9. The van der Waals surface area contributed by atoms with E-state index in [1.54, 1.807) is 0 Å². The number of nitrogens with one attached hydrogen (secondary N) is 1. The molecule has 0 amide bonds. The van der Waals surface area contributed by atoms with Gasteiger partial charge in [-0.2, -0.15) is 0 Å². The molecule has 0 aromatic heterocycles. The van der Waals surface area contributed by atoms with E-state index in [1.165, 1.54) is 16.7 Å². The Hall–Kier alpha value is -1.28. The Balaban J connectivity index is 2.09. The van der Waals surface area contributed by atoms with Crippen LogP contribution in [0.3, 0.4) is 0 Å². The van der Waals surface area contributed by atoms with Crippen molar-refractivity contribution < 1.29 is 0 Å². The van der Waals surface area contributed by atoms with Gasteiger partial charge in [-0.1, -0.05) is 44.2 Å². The van der Waals surface area contributed by atoms with Crippen molar-refractivity contribution in [2.75, 3.05) is 5.32 Å². The molecule has 2 heteroatoms. The van der Waals surface area contributed by atoms with E-state index in [0.717, 1.165) is 16.6 Å². The van der Waals surface area contributed by atoms with Crippen molar-refractivity contribution in [2.45, 2.75) is 40.2 Å². The predicted molar refractivity (Wildman–Crippen MR) is 95.9 cm³/mol. The summed E-state index contributed by atoms with van der Waals surface area (Å²) in [4.78, 5) is 0. The summed E-state index contributed by atoms with van der Waals surface area (Å²) in [5, 5.41) is 3.58. The van der Waals surface area contributed by atoms with Crippen molar-refractivity contribution in [3.63, 3.8) is 0 Å². The lowest BCUT2D eigenvalue weighted by Gasteiger charge is -2.18. The first-order valence-electron chi connectivity index (χ1n) is 7.57. The number of hydrogen-bond acceptors (Lipinski definition) is 1. The molecule has 1 atom stereocenters. The fourth-order valence-electron chi connectivity index (χ4n) is 2.48. The lowest BCUT2D eigenvalue weighted by Crippen LogP contribution is -2.07. The topological polar surface area (TPSA) is 12.0 Å². The van der Waals surface area contributed by atoms with Gasteiger partial charge in [-0.05, 0) is 70.9 Å². The summed E-state index contributed by atoms with van der Waals surface area (Å²) in [5.74, 6) is 0.703. The predicted octanol–water partition coefficient (Wildman–Crippen LogP) is 6.13. The number of benzene rings is 2. The fraction of sp³-hybridized carbons (Fsp3) is 0.368. The van der Waals surface area contributed by atoms with Crippen LogP contribution in [-0.2, 0) is 6.42 Å². The summed E-state index contributed by atoms with van der Waals surface area (Å²) < 4.78 is 1.11. The number of rotatable bonds is 5. The van der Waals surface area contributed by atoms with Gasteiger partial charge in [-0.25, -0.2) is 0 Å². The molecule has 0 spiro atoms. The van der Waals surface area contributed by atoms with Crippen LogP contribution < -0.4 is 5.32 Å².